The number of hydrogen-bond donors (Lipinski definition) is 1. The molecule has 0 radical (unpaired) electrons. The van der Waals surface area contributed by atoms with Gasteiger partial charge in [-0.05, 0) is 59.6 Å². The maximum atomic E-state index is 5.68. The minimum Gasteiger partial charge on any atom is -0.490 e. The predicted molar refractivity (Wildman–Crippen MR) is 90.2 cm³/mol. The number of benzene rings is 2. The Morgan fingerprint density at radius 3 is 2.38 bits per heavy atom. The van der Waals surface area contributed by atoms with E-state index in [2.05, 4.69) is 27.3 Å². The molecule has 4 heteroatoms. The summed E-state index contributed by atoms with van der Waals surface area (Å²) in [6.07, 6.45) is 0. The van der Waals surface area contributed by atoms with Crippen LogP contribution in [0.15, 0.2) is 46.9 Å². The molecule has 0 atom stereocenters. The second-order valence-corrected chi connectivity index (χ2v) is 5.34. The van der Waals surface area contributed by atoms with Crippen molar-refractivity contribution in [2.75, 3.05) is 18.5 Å². The summed E-state index contributed by atoms with van der Waals surface area (Å²) in [6.45, 7) is 5.89. The number of nitrogens with one attached hydrogen (secondary N) is 1. The third-order valence-electron chi connectivity index (χ3n) is 2.93. The van der Waals surface area contributed by atoms with Crippen molar-refractivity contribution in [3.63, 3.8) is 0 Å². The minimum absolute atomic E-state index is 0.611. The van der Waals surface area contributed by atoms with Gasteiger partial charge in [0.1, 0.15) is 0 Å². The molecule has 0 saturated carbocycles. The highest BCUT2D eigenvalue weighted by atomic mass is 79.9. The van der Waals surface area contributed by atoms with Crippen LogP contribution in [0.1, 0.15) is 19.4 Å². The van der Waals surface area contributed by atoms with Gasteiger partial charge in [0.25, 0.3) is 0 Å². The summed E-state index contributed by atoms with van der Waals surface area (Å²) in [4.78, 5) is 0. The summed E-state index contributed by atoms with van der Waals surface area (Å²) >= 11 is 3.56. The summed E-state index contributed by atoms with van der Waals surface area (Å²) in [5.41, 5.74) is 2.23. The van der Waals surface area contributed by atoms with Gasteiger partial charge in [-0.25, -0.2) is 0 Å². The van der Waals surface area contributed by atoms with Gasteiger partial charge in [0.15, 0.2) is 11.5 Å². The molecule has 2 aromatic carbocycles. The van der Waals surface area contributed by atoms with Gasteiger partial charge in [0.2, 0.25) is 0 Å². The van der Waals surface area contributed by atoms with Crippen LogP contribution in [0.4, 0.5) is 5.69 Å². The molecule has 2 rings (SSSR count). The first-order valence-corrected chi connectivity index (χ1v) is 7.90. The van der Waals surface area contributed by atoms with Gasteiger partial charge >= 0.3 is 0 Å². The lowest BCUT2D eigenvalue weighted by Crippen LogP contribution is -2.03. The lowest BCUT2D eigenvalue weighted by atomic mass is 10.2. The molecule has 0 spiro atoms. The Bertz CT molecular complexity index is 573. The Hall–Kier alpha value is -1.68. The number of anilines is 1. The molecule has 0 aliphatic rings. The van der Waals surface area contributed by atoms with Crippen molar-refractivity contribution in [1.82, 2.24) is 0 Å². The Kier molecular flexibility index (Phi) is 5.93. The zero-order valence-electron chi connectivity index (χ0n) is 12.4. The van der Waals surface area contributed by atoms with E-state index in [1.165, 1.54) is 0 Å². The number of halogens is 1. The van der Waals surface area contributed by atoms with E-state index in [0.717, 1.165) is 33.8 Å². The molecule has 21 heavy (non-hydrogen) atoms. The third kappa shape index (κ3) is 4.39. The Morgan fingerprint density at radius 2 is 1.71 bits per heavy atom. The molecule has 2 aromatic rings. The molecule has 0 bridgehead atoms. The minimum atomic E-state index is 0.611. The van der Waals surface area contributed by atoms with E-state index < -0.39 is 0 Å². The molecule has 0 heterocycles. The molecule has 1 N–H and O–H groups in total. The van der Waals surface area contributed by atoms with Crippen molar-refractivity contribution in [2.45, 2.75) is 20.4 Å². The van der Waals surface area contributed by atoms with Crippen LogP contribution >= 0.6 is 15.9 Å². The second-order valence-electron chi connectivity index (χ2n) is 4.49. The van der Waals surface area contributed by atoms with E-state index >= 15 is 0 Å². The lowest BCUT2D eigenvalue weighted by molar-refractivity contribution is 0.286. The van der Waals surface area contributed by atoms with Gasteiger partial charge in [0.05, 0.1) is 17.7 Å². The van der Waals surface area contributed by atoms with Crippen molar-refractivity contribution in [2.24, 2.45) is 0 Å². The quantitative estimate of drug-likeness (QED) is 0.774. The van der Waals surface area contributed by atoms with E-state index in [-0.39, 0.29) is 0 Å². The summed E-state index contributed by atoms with van der Waals surface area (Å²) in [5.74, 6) is 1.54. The summed E-state index contributed by atoms with van der Waals surface area (Å²) < 4.78 is 12.2. The zero-order valence-corrected chi connectivity index (χ0v) is 13.9. The number of rotatable bonds is 7. The molecule has 112 valence electrons. The van der Waals surface area contributed by atoms with Gasteiger partial charge in [-0.1, -0.05) is 18.2 Å². The average molecular weight is 350 g/mol. The first kappa shape index (κ1) is 15.7. The summed E-state index contributed by atoms with van der Waals surface area (Å²) in [6, 6.07) is 14.2. The molecule has 0 saturated heterocycles. The highest BCUT2D eigenvalue weighted by Crippen LogP contribution is 2.37. The third-order valence-corrected chi connectivity index (χ3v) is 3.52. The van der Waals surface area contributed by atoms with Crippen LogP contribution in [0.3, 0.4) is 0 Å². The summed E-state index contributed by atoms with van der Waals surface area (Å²) in [7, 11) is 0. The van der Waals surface area contributed by atoms with Gasteiger partial charge in [-0.3, -0.25) is 0 Å². The largest absolute Gasteiger partial charge is 0.490 e. The van der Waals surface area contributed by atoms with E-state index in [1.54, 1.807) is 0 Å². The normalized spacial score (nSPS) is 10.2. The van der Waals surface area contributed by atoms with E-state index in [9.17, 15) is 0 Å². The van der Waals surface area contributed by atoms with Crippen molar-refractivity contribution in [1.29, 1.82) is 0 Å². The smallest absolute Gasteiger partial charge is 0.175 e. The first-order valence-electron chi connectivity index (χ1n) is 7.11. The van der Waals surface area contributed by atoms with Crippen LogP contribution in [0, 0.1) is 0 Å². The first-order chi connectivity index (χ1) is 10.2. The molecule has 0 unspecified atom stereocenters. The Morgan fingerprint density at radius 1 is 1.00 bits per heavy atom. The molecule has 0 aromatic heterocycles. The van der Waals surface area contributed by atoms with Gasteiger partial charge in [0, 0.05) is 12.2 Å². The fourth-order valence-electron chi connectivity index (χ4n) is 2.03. The van der Waals surface area contributed by atoms with Crippen LogP contribution in [0.2, 0.25) is 0 Å². The predicted octanol–water partition coefficient (Wildman–Crippen LogP) is 4.86. The summed E-state index contributed by atoms with van der Waals surface area (Å²) in [5, 5.41) is 3.39. The van der Waals surface area contributed by atoms with Gasteiger partial charge < -0.3 is 14.8 Å². The molecule has 0 fully saturated rings. The van der Waals surface area contributed by atoms with Crippen LogP contribution in [0.5, 0.6) is 11.5 Å². The van der Waals surface area contributed by atoms with E-state index in [0.29, 0.717) is 13.2 Å². The zero-order chi connectivity index (χ0) is 15.1. The molecular weight excluding hydrogens is 330 g/mol. The molecular formula is C17H20BrNO2. The van der Waals surface area contributed by atoms with Crippen molar-refractivity contribution >= 4 is 21.6 Å². The highest BCUT2D eigenvalue weighted by molar-refractivity contribution is 9.10. The topological polar surface area (TPSA) is 30.5 Å². The highest BCUT2D eigenvalue weighted by Gasteiger charge is 2.11. The SMILES string of the molecule is CCOc1cc(CNc2ccccc2)cc(Br)c1OCC. The van der Waals surface area contributed by atoms with Crippen molar-refractivity contribution in [3.8, 4) is 11.5 Å². The monoisotopic (exact) mass is 349 g/mol. The van der Waals surface area contributed by atoms with Gasteiger partial charge in [-0.15, -0.1) is 0 Å². The maximum Gasteiger partial charge on any atom is 0.175 e. The van der Waals surface area contributed by atoms with Crippen LogP contribution < -0.4 is 14.8 Å². The van der Waals surface area contributed by atoms with Crippen LogP contribution in [-0.2, 0) is 6.54 Å². The Balaban J connectivity index is 2.16. The number of ether oxygens (including phenoxy) is 2. The van der Waals surface area contributed by atoms with Crippen molar-refractivity contribution in [3.05, 3.63) is 52.5 Å². The Labute approximate surface area is 134 Å². The average Bonchev–Trinajstić information content (AvgIpc) is 2.50. The lowest BCUT2D eigenvalue weighted by Gasteiger charge is -2.15. The molecule has 3 nitrogen and oxygen atoms in total. The fraction of sp³-hybridized carbons (Fsp3) is 0.294. The van der Waals surface area contributed by atoms with E-state index in [4.69, 9.17) is 9.47 Å². The van der Waals surface area contributed by atoms with Crippen LogP contribution in [0.25, 0.3) is 0 Å². The fourth-order valence-corrected chi connectivity index (χ4v) is 2.63. The number of hydrogen-bond acceptors (Lipinski definition) is 3. The van der Waals surface area contributed by atoms with Gasteiger partial charge in [-0.2, -0.15) is 0 Å². The molecule has 0 aliphatic heterocycles. The second kappa shape index (κ2) is 7.93. The molecule has 0 amide bonds. The maximum absolute atomic E-state index is 5.68. The molecule has 0 aliphatic carbocycles. The van der Waals surface area contributed by atoms with E-state index in [1.807, 2.05) is 50.2 Å². The van der Waals surface area contributed by atoms with Crippen molar-refractivity contribution < 1.29 is 9.47 Å². The van der Waals surface area contributed by atoms with Crippen LogP contribution in [-0.4, -0.2) is 13.2 Å². The standard InChI is InChI=1S/C17H20BrNO2/c1-3-20-16-11-13(10-15(18)17(16)21-4-2)12-19-14-8-6-5-7-9-14/h5-11,19H,3-4,12H2,1-2H3. The number of para-hydroxylation sites is 1.